The van der Waals surface area contributed by atoms with Gasteiger partial charge in [0.1, 0.15) is 6.04 Å². The Kier molecular flexibility index (Phi) is 5.81. The molecule has 0 spiro atoms. The van der Waals surface area contributed by atoms with Crippen LogP contribution in [0.15, 0.2) is 48.5 Å². The normalized spacial score (nSPS) is 11.9. The van der Waals surface area contributed by atoms with E-state index in [4.69, 9.17) is 22.1 Å². The Balaban J connectivity index is 2.19. The largest absolute Gasteiger partial charge is 0.465 e. The Morgan fingerprint density at radius 1 is 1.23 bits per heavy atom. The minimum Gasteiger partial charge on any atom is -0.465 e. The van der Waals surface area contributed by atoms with Crippen LogP contribution >= 0.6 is 11.6 Å². The van der Waals surface area contributed by atoms with Gasteiger partial charge >= 0.3 is 5.97 Å². The highest BCUT2D eigenvalue weighted by Gasteiger charge is 2.21. The molecule has 22 heavy (non-hydrogen) atoms. The summed E-state index contributed by atoms with van der Waals surface area (Å²) in [6, 6.07) is 14.2. The number of ether oxygens (including phenoxy) is 1. The van der Waals surface area contributed by atoms with Crippen LogP contribution in [0.25, 0.3) is 0 Å². The second-order valence-corrected chi connectivity index (χ2v) is 5.19. The molecule has 0 aromatic heterocycles. The van der Waals surface area contributed by atoms with E-state index in [1.54, 1.807) is 25.1 Å². The Bertz CT molecular complexity index is 612. The van der Waals surface area contributed by atoms with Gasteiger partial charge in [0, 0.05) is 22.8 Å². The molecule has 2 aromatic rings. The smallest absolute Gasteiger partial charge is 0.327 e. The molecule has 0 bridgehead atoms. The van der Waals surface area contributed by atoms with E-state index in [1.165, 1.54) is 0 Å². The van der Waals surface area contributed by atoms with Gasteiger partial charge in [-0.1, -0.05) is 48.0 Å². The van der Waals surface area contributed by atoms with E-state index in [0.717, 1.165) is 11.1 Å². The number of nitrogen functional groups attached to an aromatic ring is 1. The fourth-order valence-corrected chi connectivity index (χ4v) is 2.42. The van der Waals surface area contributed by atoms with Crippen LogP contribution in [0, 0.1) is 0 Å². The highest BCUT2D eigenvalue weighted by Crippen LogP contribution is 2.23. The number of hydrogen-bond donors (Lipinski definition) is 2. The van der Waals surface area contributed by atoms with Crippen molar-refractivity contribution in [3.8, 4) is 0 Å². The lowest BCUT2D eigenvalue weighted by molar-refractivity contribution is -0.145. The number of carbonyl (C=O) groups excluding carboxylic acids is 1. The Morgan fingerprint density at radius 2 is 1.95 bits per heavy atom. The van der Waals surface area contributed by atoms with Gasteiger partial charge in [-0.3, -0.25) is 5.32 Å². The molecule has 0 heterocycles. The maximum absolute atomic E-state index is 12.2. The molecule has 0 radical (unpaired) electrons. The van der Waals surface area contributed by atoms with E-state index < -0.39 is 6.04 Å². The monoisotopic (exact) mass is 318 g/mol. The number of nitrogens with two attached hydrogens (primary N) is 1. The summed E-state index contributed by atoms with van der Waals surface area (Å²) in [6.45, 7) is 2.49. The first-order valence-electron chi connectivity index (χ1n) is 7.11. The molecule has 2 rings (SSSR count). The van der Waals surface area contributed by atoms with Crippen molar-refractivity contribution < 1.29 is 9.53 Å². The molecule has 0 aliphatic carbocycles. The second-order valence-electron chi connectivity index (χ2n) is 4.78. The van der Waals surface area contributed by atoms with E-state index in [1.807, 2.05) is 30.3 Å². The number of nitrogens with one attached hydrogen (secondary N) is 1. The molecule has 1 atom stereocenters. The maximum atomic E-state index is 12.2. The second kappa shape index (κ2) is 7.82. The first-order valence-corrected chi connectivity index (χ1v) is 7.49. The quantitative estimate of drug-likeness (QED) is 0.633. The van der Waals surface area contributed by atoms with E-state index in [9.17, 15) is 4.79 Å². The summed E-state index contributed by atoms with van der Waals surface area (Å²) in [5.41, 5.74) is 8.15. The minimum absolute atomic E-state index is 0.320. The van der Waals surface area contributed by atoms with Crippen LogP contribution in [-0.4, -0.2) is 12.6 Å². The lowest BCUT2D eigenvalue weighted by Crippen LogP contribution is -2.30. The topological polar surface area (TPSA) is 64.3 Å². The third-order valence-electron chi connectivity index (χ3n) is 3.29. The number of rotatable bonds is 6. The molecular formula is C17H19ClN2O2. The van der Waals surface area contributed by atoms with Crippen LogP contribution in [0.2, 0.25) is 5.02 Å². The number of hydrogen-bond acceptors (Lipinski definition) is 4. The molecule has 5 heteroatoms. The highest BCUT2D eigenvalue weighted by atomic mass is 35.5. The molecule has 2 aromatic carbocycles. The molecule has 0 aliphatic heterocycles. The van der Waals surface area contributed by atoms with Crippen molar-refractivity contribution in [2.24, 2.45) is 0 Å². The number of esters is 1. The number of anilines is 1. The average Bonchev–Trinajstić information content (AvgIpc) is 2.51. The zero-order chi connectivity index (χ0) is 15.9. The van der Waals surface area contributed by atoms with Gasteiger partial charge in [0.25, 0.3) is 0 Å². The lowest BCUT2D eigenvalue weighted by atomic mass is 10.1. The minimum atomic E-state index is -0.558. The van der Waals surface area contributed by atoms with Crippen molar-refractivity contribution in [3.63, 3.8) is 0 Å². The van der Waals surface area contributed by atoms with Gasteiger partial charge < -0.3 is 10.5 Å². The molecule has 4 nitrogen and oxygen atoms in total. The van der Waals surface area contributed by atoms with Crippen molar-refractivity contribution in [2.45, 2.75) is 19.5 Å². The van der Waals surface area contributed by atoms with E-state index in [-0.39, 0.29) is 5.97 Å². The van der Waals surface area contributed by atoms with Crippen molar-refractivity contribution >= 4 is 23.3 Å². The van der Waals surface area contributed by atoms with Crippen LogP contribution in [-0.2, 0) is 16.1 Å². The molecule has 3 N–H and O–H groups in total. The van der Waals surface area contributed by atoms with E-state index in [0.29, 0.717) is 23.9 Å². The van der Waals surface area contributed by atoms with Crippen LogP contribution in [0.4, 0.5) is 5.69 Å². The van der Waals surface area contributed by atoms with Crippen molar-refractivity contribution in [1.29, 1.82) is 0 Å². The molecule has 0 fully saturated rings. The zero-order valence-corrected chi connectivity index (χ0v) is 13.1. The van der Waals surface area contributed by atoms with Gasteiger partial charge in [0.05, 0.1) is 6.61 Å². The van der Waals surface area contributed by atoms with Crippen LogP contribution in [0.3, 0.4) is 0 Å². The summed E-state index contributed by atoms with van der Waals surface area (Å²) < 4.78 is 5.14. The molecule has 116 valence electrons. The van der Waals surface area contributed by atoms with Gasteiger partial charge in [0.15, 0.2) is 0 Å². The van der Waals surface area contributed by atoms with Crippen LogP contribution in [0.1, 0.15) is 24.1 Å². The third kappa shape index (κ3) is 4.00. The van der Waals surface area contributed by atoms with Crippen molar-refractivity contribution in [1.82, 2.24) is 5.32 Å². The zero-order valence-electron chi connectivity index (χ0n) is 12.4. The summed E-state index contributed by atoms with van der Waals surface area (Å²) in [4.78, 5) is 12.2. The van der Waals surface area contributed by atoms with Crippen LogP contribution < -0.4 is 11.1 Å². The molecule has 0 saturated heterocycles. The average molecular weight is 319 g/mol. The summed E-state index contributed by atoms with van der Waals surface area (Å²) >= 11 is 6.16. The predicted octanol–water partition coefficient (Wildman–Crippen LogP) is 3.32. The molecule has 0 amide bonds. The van der Waals surface area contributed by atoms with Crippen molar-refractivity contribution in [3.05, 3.63) is 64.7 Å². The Morgan fingerprint density at radius 3 is 2.59 bits per heavy atom. The van der Waals surface area contributed by atoms with Gasteiger partial charge in [-0.25, -0.2) is 4.79 Å². The lowest BCUT2D eigenvalue weighted by Gasteiger charge is -2.18. The maximum Gasteiger partial charge on any atom is 0.327 e. The van der Waals surface area contributed by atoms with Gasteiger partial charge in [-0.2, -0.15) is 0 Å². The van der Waals surface area contributed by atoms with E-state index >= 15 is 0 Å². The van der Waals surface area contributed by atoms with Gasteiger partial charge in [-0.05, 0) is 24.6 Å². The fourth-order valence-electron chi connectivity index (χ4n) is 2.17. The first kappa shape index (κ1) is 16.3. The van der Waals surface area contributed by atoms with Gasteiger partial charge in [0.2, 0.25) is 0 Å². The summed E-state index contributed by atoms with van der Waals surface area (Å²) in [6.07, 6.45) is 0. The predicted molar refractivity (Wildman–Crippen MR) is 88.5 cm³/mol. The van der Waals surface area contributed by atoms with Gasteiger partial charge in [-0.15, -0.1) is 0 Å². The number of halogens is 1. The third-order valence-corrected chi connectivity index (χ3v) is 3.65. The molecule has 1 unspecified atom stereocenters. The Hall–Kier alpha value is -2.04. The highest BCUT2D eigenvalue weighted by molar-refractivity contribution is 6.31. The number of benzene rings is 2. The fraction of sp³-hybridized carbons (Fsp3) is 0.235. The summed E-state index contributed by atoms with van der Waals surface area (Å²) in [7, 11) is 0. The SMILES string of the molecule is CCOC(=O)C(NCc1c(N)cccc1Cl)c1ccccc1. The number of carbonyl (C=O) groups is 1. The van der Waals surface area contributed by atoms with Crippen LogP contribution in [0.5, 0.6) is 0 Å². The van der Waals surface area contributed by atoms with E-state index in [2.05, 4.69) is 5.32 Å². The molecular weight excluding hydrogens is 300 g/mol. The summed E-state index contributed by atoms with van der Waals surface area (Å²) in [5.74, 6) is -0.320. The van der Waals surface area contributed by atoms with Crippen molar-refractivity contribution in [2.75, 3.05) is 12.3 Å². The standard InChI is InChI=1S/C17H19ClN2O2/c1-2-22-17(21)16(12-7-4-3-5-8-12)20-11-13-14(18)9-6-10-15(13)19/h3-10,16,20H,2,11,19H2,1H3. The molecule has 0 aliphatic rings. The Labute approximate surface area is 135 Å². The first-order chi connectivity index (χ1) is 10.6. The molecule has 0 saturated carbocycles. The summed E-state index contributed by atoms with van der Waals surface area (Å²) in [5, 5.41) is 3.75.